The number of carbonyl (C=O) groups excluding carboxylic acids is 1. The Bertz CT molecular complexity index is 508. The van der Waals surface area contributed by atoms with Crippen LogP contribution in [-0.2, 0) is 9.94 Å². The van der Waals surface area contributed by atoms with Gasteiger partial charge in [0.05, 0.1) is 11.1 Å². The number of piperidine rings is 1. The van der Waals surface area contributed by atoms with Crippen LogP contribution in [0, 0.1) is 0 Å². The minimum atomic E-state index is -0.522. The Balaban J connectivity index is 2.16. The lowest BCUT2D eigenvalue weighted by Crippen LogP contribution is -2.62. The highest BCUT2D eigenvalue weighted by atomic mass is 16.5. The van der Waals surface area contributed by atoms with E-state index in [2.05, 4.69) is 0 Å². The Morgan fingerprint density at radius 1 is 1.18 bits per heavy atom. The molecule has 121 valence electrons. The summed E-state index contributed by atoms with van der Waals surface area (Å²) in [6.07, 6.45) is 2.47. The van der Waals surface area contributed by atoms with Crippen molar-refractivity contribution < 1.29 is 14.7 Å². The molecular formula is C18H26NO3. The molecule has 1 atom stereocenters. The summed E-state index contributed by atoms with van der Waals surface area (Å²) in [6.45, 7) is 7.93. The first kappa shape index (κ1) is 17.0. The third kappa shape index (κ3) is 3.18. The van der Waals surface area contributed by atoms with E-state index in [1.54, 1.807) is 12.1 Å². The van der Waals surface area contributed by atoms with Gasteiger partial charge in [-0.2, -0.15) is 0 Å². The summed E-state index contributed by atoms with van der Waals surface area (Å²) >= 11 is 0. The van der Waals surface area contributed by atoms with Crippen LogP contribution in [0.3, 0.4) is 0 Å². The van der Waals surface area contributed by atoms with Gasteiger partial charge >= 0.3 is 5.97 Å². The molecule has 0 aromatic heterocycles. The van der Waals surface area contributed by atoms with Crippen LogP contribution >= 0.6 is 0 Å². The van der Waals surface area contributed by atoms with E-state index in [-0.39, 0.29) is 12.1 Å². The summed E-state index contributed by atoms with van der Waals surface area (Å²) < 4.78 is 5.72. The van der Waals surface area contributed by atoms with Crippen molar-refractivity contribution in [3.63, 3.8) is 0 Å². The predicted molar refractivity (Wildman–Crippen MR) is 84.8 cm³/mol. The van der Waals surface area contributed by atoms with Crippen molar-refractivity contribution in [3.8, 4) is 0 Å². The minimum Gasteiger partial charge on any atom is -0.459 e. The Morgan fingerprint density at radius 3 is 2.32 bits per heavy atom. The second-order valence-corrected chi connectivity index (χ2v) is 6.84. The van der Waals surface area contributed by atoms with Gasteiger partial charge in [-0.25, -0.2) is 4.79 Å². The van der Waals surface area contributed by atoms with Crippen LogP contribution in [0.4, 0.5) is 0 Å². The maximum atomic E-state index is 12.7. The normalized spacial score (nSPS) is 24.0. The zero-order valence-corrected chi connectivity index (χ0v) is 14.0. The lowest BCUT2D eigenvalue weighted by atomic mass is 9.75. The van der Waals surface area contributed by atoms with E-state index >= 15 is 0 Å². The fraction of sp³-hybridized carbons (Fsp3) is 0.611. The topological polar surface area (TPSA) is 49.4 Å². The van der Waals surface area contributed by atoms with Crippen molar-refractivity contribution in [1.29, 1.82) is 0 Å². The average Bonchev–Trinajstić information content (AvgIpc) is 2.51. The molecule has 4 nitrogen and oxygen atoms in total. The van der Waals surface area contributed by atoms with Crippen LogP contribution in [0.2, 0.25) is 0 Å². The molecule has 1 aromatic carbocycles. The minimum absolute atomic E-state index is 0.215. The first-order chi connectivity index (χ1) is 10.3. The Kier molecular flexibility index (Phi) is 4.93. The maximum Gasteiger partial charge on any atom is 0.338 e. The van der Waals surface area contributed by atoms with Crippen molar-refractivity contribution in [3.05, 3.63) is 35.9 Å². The molecule has 0 bridgehead atoms. The number of rotatable bonds is 4. The SMILES string of the molecule is CCC1(CC)CC(OC(=O)c2ccccc2)CC(C)(C)N1[O]. The summed E-state index contributed by atoms with van der Waals surface area (Å²) in [5.41, 5.74) is -0.404. The van der Waals surface area contributed by atoms with Crippen molar-refractivity contribution >= 4 is 5.97 Å². The van der Waals surface area contributed by atoms with Gasteiger partial charge in [-0.05, 0) is 38.8 Å². The van der Waals surface area contributed by atoms with E-state index in [0.717, 1.165) is 12.8 Å². The predicted octanol–water partition coefficient (Wildman–Crippen LogP) is 3.99. The van der Waals surface area contributed by atoms with E-state index in [1.165, 1.54) is 5.06 Å². The quantitative estimate of drug-likeness (QED) is 0.790. The molecule has 0 N–H and O–H groups in total. The van der Waals surface area contributed by atoms with Gasteiger partial charge in [-0.15, -0.1) is 10.3 Å². The van der Waals surface area contributed by atoms with Crippen molar-refractivity contribution in [1.82, 2.24) is 5.06 Å². The highest BCUT2D eigenvalue weighted by Crippen LogP contribution is 2.42. The van der Waals surface area contributed by atoms with Gasteiger partial charge in [-0.3, -0.25) is 0 Å². The number of ether oxygens (including phenoxy) is 1. The molecule has 1 aliphatic heterocycles. The Morgan fingerprint density at radius 2 is 1.77 bits per heavy atom. The van der Waals surface area contributed by atoms with Gasteiger partial charge in [0, 0.05) is 18.4 Å². The van der Waals surface area contributed by atoms with E-state index < -0.39 is 11.1 Å². The number of hydroxylamine groups is 2. The molecule has 1 aromatic rings. The smallest absolute Gasteiger partial charge is 0.338 e. The maximum absolute atomic E-state index is 12.7. The van der Waals surface area contributed by atoms with E-state index in [1.807, 2.05) is 45.9 Å². The zero-order chi connectivity index (χ0) is 16.4. The monoisotopic (exact) mass is 304 g/mol. The molecular weight excluding hydrogens is 278 g/mol. The number of esters is 1. The number of hydrogen-bond donors (Lipinski definition) is 0. The van der Waals surface area contributed by atoms with E-state index in [0.29, 0.717) is 18.4 Å². The summed E-state index contributed by atoms with van der Waals surface area (Å²) in [7, 11) is 0. The molecule has 22 heavy (non-hydrogen) atoms. The Hall–Kier alpha value is -1.39. The van der Waals surface area contributed by atoms with Gasteiger partial charge in [0.15, 0.2) is 0 Å². The molecule has 0 aliphatic carbocycles. The standard InChI is InChI=1S/C18H26NO3/c1-5-18(6-2)13-15(12-17(3,4)19(18)21)22-16(20)14-10-8-7-9-11-14/h7-11,15H,5-6,12-13H2,1-4H3. The number of hydrogen-bond acceptors (Lipinski definition) is 3. The third-order valence-corrected chi connectivity index (χ3v) is 4.91. The number of carbonyl (C=O) groups is 1. The summed E-state index contributed by atoms with van der Waals surface area (Å²) in [5, 5.41) is 14.0. The molecule has 0 saturated carbocycles. The molecule has 1 radical (unpaired) electrons. The summed E-state index contributed by atoms with van der Waals surface area (Å²) in [5.74, 6) is -0.304. The van der Waals surface area contributed by atoms with Gasteiger partial charge in [-0.1, -0.05) is 32.0 Å². The first-order valence-corrected chi connectivity index (χ1v) is 8.08. The van der Waals surface area contributed by atoms with Crippen molar-refractivity contribution in [2.24, 2.45) is 0 Å². The number of nitrogens with zero attached hydrogens (tertiary/aromatic N) is 1. The highest BCUT2D eigenvalue weighted by molar-refractivity contribution is 5.89. The second kappa shape index (κ2) is 6.39. The Labute approximate surface area is 133 Å². The van der Waals surface area contributed by atoms with Gasteiger partial charge < -0.3 is 4.74 Å². The van der Waals surface area contributed by atoms with E-state index in [4.69, 9.17) is 4.74 Å². The molecule has 1 aliphatic rings. The fourth-order valence-electron chi connectivity index (χ4n) is 3.56. The highest BCUT2D eigenvalue weighted by Gasteiger charge is 2.50. The lowest BCUT2D eigenvalue weighted by molar-refractivity contribution is -0.308. The summed E-state index contributed by atoms with van der Waals surface area (Å²) in [6, 6.07) is 9.02. The zero-order valence-electron chi connectivity index (χ0n) is 14.0. The third-order valence-electron chi connectivity index (χ3n) is 4.91. The molecule has 1 unspecified atom stereocenters. The largest absolute Gasteiger partial charge is 0.459 e. The van der Waals surface area contributed by atoms with E-state index in [9.17, 15) is 10.0 Å². The molecule has 0 spiro atoms. The molecule has 1 heterocycles. The molecule has 0 amide bonds. The van der Waals surface area contributed by atoms with Gasteiger partial charge in [0.25, 0.3) is 0 Å². The fourth-order valence-corrected chi connectivity index (χ4v) is 3.56. The van der Waals surface area contributed by atoms with Gasteiger partial charge in [0.1, 0.15) is 6.10 Å². The van der Waals surface area contributed by atoms with Crippen LogP contribution in [-0.4, -0.2) is 28.2 Å². The molecule has 2 rings (SSSR count). The van der Waals surface area contributed by atoms with Crippen LogP contribution < -0.4 is 0 Å². The molecule has 4 heteroatoms. The van der Waals surface area contributed by atoms with Crippen LogP contribution in [0.5, 0.6) is 0 Å². The molecule has 1 fully saturated rings. The summed E-state index contributed by atoms with van der Waals surface area (Å²) in [4.78, 5) is 12.3. The average molecular weight is 304 g/mol. The van der Waals surface area contributed by atoms with Crippen molar-refractivity contribution in [2.45, 2.75) is 70.6 Å². The molecule has 1 saturated heterocycles. The van der Waals surface area contributed by atoms with Crippen molar-refractivity contribution in [2.75, 3.05) is 0 Å². The van der Waals surface area contributed by atoms with Crippen LogP contribution in [0.1, 0.15) is 63.7 Å². The first-order valence-electron chi connectivity index (χ1n) is 8.08. The van der Waals surface area contributed by atoms with Crippen LogP contribution in [0.15, 0.2) is 30.3 Å². The lowest BCUT2D eigenvalue weighted by Gasteiger charge is -2.52. The van der Waals surface area contributed by atoms with Gasteiger partial charge in [0.2, 0.25) is 0 Å². The number of benzene rings is 1. The second-order valence-electron chi connectivity index (χ2n) is 6.84. The van der Waals surface area contributed by atoms with Crippen LogP contribution in [0.25, 0.3) is 0 Å².